The van der Waals surface area contributed by atoms with Gasteiger partial charge in [0.15, 0.2) is 0 Å². The fraction of sp³-hybridized carbons (Fsp3) is 0.300. The Labute approximate surface area is 147 Å². The number of anilines is 2. The van der Waals surface area contributed by atoms with Gasteiger partial charge in [-0.05, 0) is 37.1 Å². The van der Waals surface area contributed by atoms with Gasteiger partial charge in [-0.3, -0.25) is 9.59 Å². The highest BCUT2D eigenvalue weighted by atomic mass is 16.5. The molecule has 5 heteroatoms. The molecule has 1 fully saturated rings. The number of likely N-dealkylation sites (tertiary alicyclic amines) is 1. The van der Waals surface area contributed by atoms with Crippen molar-refractivity contribution in [2.45, 2.75) is 12.8 Å². The maximum absolute atomic E-state index is 12.9. The lowest BCUT2D eigenvalue weighted by molar-refractivity contribution is -0.146. The molecular weight excluding hydrogens is 316 g/mol. The molecule has 2 aromatic rings. The highest BCUT2D eigenvalue weighted by Crippen LogP contribution is 2.25. The summed E-state index contributed by atoms with van der Waals surface area (Å²) in [5.74, 6) is -0.299. The van der Waals surface area contributed by atoms with Crippen molar-refractivity contribution < 1.29 is 14.3 Å². The molecule has 2 aromatic carbocycles. The van der Waals surface area contributed by atoms with Crippen LogP contribution in [-0.2, 0) is 9.53 Å². The molecule has 0 atom stereocenters. The van der Waals surface area contributed by atoms with Crippen LogP contribution in [-0.4, -0.2) is 37.0 Å². The van der Waals surface area contributed by atoms with Crippen molar-refractivity contribution in [2.24, 2.45) is 5.92 Å². The molecule has 130 valence electrons. The fourth-order valence-corrected chi connectivity index (χ4v) is 3.11. The van der Waals surface area contributed by atoms with Crippen LogP contribution in [0, 0.1) is 5.92 Å². The Hall–Kier alpha value is -2.82. The summed E-state index contributed by atoms with van der Waals surface area (Å²) in [6, 6.07) is 17.3. The van der Waals surface area contributed by atoms with E-state index in [0.717, 1.165) is 11.4 Å². The first-order valence-corrected chi connectivity index (χ1v) is 8.47. The second kappa shape index (κ2) is 7.83. The molecule has 1 heterocycles. The number of esters is 1. The van der Waals surface area contributed by atoms with E-state index in [0.29, 0.717) is 31.5 Å². The molecule has 1 saturated heterocycles. The van der Waals surface area contributed by atoms with Gasteiger partial charge in [-0.25, -0.2) is 0 Å². The summed E-state index contributed by atoms with van der Waals surface area (Å²) in [4.78, 5) is 26.4. The number of amides is 1. The van der Waals surface area contributed by atoms with Crippen LogP contribution in [0.1, 0.15) is 23.2 Å². The molecule has 1 aliphatic rings. The number of carbonyl (C=O) groups excluding carboxylic acids is 2. The zero-order valence-corrected chi connectivity index (χ0v) is 14.3. The number of nitrogens with one attached hydrogen (secondary N) is 1. The largest absolute Gasteiger partial charge is 0.469 e. The van der Waals surface area contributed by atoms with E-state index < -0.39 is 0 Å². The monoisotopic (exact) mass is 338 g/mol. The number of hydrogen-bond donors (Lipinski definition) is 1. The minimum atomic E-state index is -0.182. The van der Waals surface area contributed by atoms with Gasteiger partial charge in [-0.2, -0.15) is 0 Å². The van der Waals surface area contributed by atoms with Crippen LogP contribution in [0.15, 0.2) is 54.6 Å². The average molecular weight is 338 g/mol. The van der Waals surface area contributed by atoms with E-state index in [-0.39, 0.29) is 17.8 Å². The number of hydrogen-bond acceptors (Lipinski definition) is 4. The minimum Gasteiger partial charge on any atom is -0.469 e. The second-order valence-corrected chi connectivity index (χ2v) is 6.13. The minimum absolute atomic E-state index is 0.0117. The highest BCUT2D eigenvalue weighted by Gasteiger charge is 2.29. The van der Waals surface area contributed by atoms with Crippen molar-refractivity contribution in [3.63, 3.8) is 0 Å². The predicted molar refractivity (Wildman–Crippen MR) is 96.8 cm³/mol. The van der Waals surface area contributed by atoms with E-state index in [1.807, 2.05) is 59.5 Å². The van der Waals surface area contributed by atoms with Gasteiger partial charge in [-0.15, -0.1) is 0 Å². The van der Waals surface area contributed by atoms with Gasteiger partial charge in [0.25, 0.3) is 5.91 Å². The molecule has 0 unspecified atom stereocenters. The summed E-state index contributed by atoms with van der Waals surface area (Å²) < 4.78 is 4.80. The summed E-state index contributed by atoms with van der Waals surface area (Å²) in [5.41, 5.74) is 2.36. The topological polar surface area (TPSA) is 58.6 Å². The van der Waals surface area contributed by atoms with Gasteiger partial charge in [0.2, 0.25) is 0 Å². The zero-order valence-electron chi connectivity index (χ0n) is 14.3. The maximum atomic E-state index is 12.9. The zero-order chi connectivity index (χ0) is 17.6. The van der Waals surface area contributed by atoms with Crippen LogP contribution >= 0.6 is 0 Å². The standard InChI is InChI=1S/C20H22N2O3/c1-25-20(24)15-11-13-22(14-12-15)19(23)17-9-5-6-10-18(17)21-16-7-3-2-4-8-16/h2-10,15,21H,11-14H2,1H3. The smallest absolute Gasteiger partial charge is 0.308 e. The summed E-state index contributed by atoms with van der Waals surface area (Å²) >= 11 is 0. The fourth-order valence-electron chi connectivity index (χ4n) is 3.11. The molecule has 25 heavy (non-hydrogen) atoms. The van der Waals surface area contributed by atoms with Crippen molar-refractivity contribution in [1.29, 1.82) is 0 Å². The molecule has 0 bridgehead atoms. The van der Waals surface area contributed by atoms with E-state index in [4.69, 9.17) is 4.74 Å². The summed E-state index contributed by atoms with van der Waals surface area (Å²) in [6.45, 7) is 1.14. The Morgan fingerprint density at radius 2 is 1.64 bits per heavy atom. The third-order valence-electron chi connectivity index (χ3n) is 4.53. The number of carbonyl (C=O) groups is 2. The lowest BCUT2D eigenvalue weighted by atomic mass is 9.96. The van der Waals surface area contributed by atoms with E-state index in [1.54, 1.807) is 0 Å². The predicted octanol–water partition coefficient (Wildman–Crippen LogP) is 3.46. The van der Waals surface area contributed by atoms with Gasteiger partial charge in [0.05, 0.1) is 24.3 Å². The van der Waals surface area contributed by atoms with Crippen LogP contribution in [0.3, 0.4) is 0 Å². The number of benzene rings is 2. The number of rotatable bonds is 4. The molecule has 0 aromatic heterocycles. The van der Waals surface area contributed by atoms with Crippen molar-refractivity contribution in [3.05, 3.63) is 60.2 Å². The third-order valence-corrected chi connectivity index (χ3v) is 4.53. The number of para-hydroxylation sites is 2. The van der Waals surface area contributed by atoms with Gasteiger partial charge < -0.3 is 15.0 Å². The Morgan fingerprint density at radius 3 is 2.32 bits per heavy atom. The molecule has 1 aliphatic heterocycles. The second-order valence-electron chi connectivity index (χ2n) is 6.13. The van der Waals surface area contributed by atoms with Crippen LogP contribution < -0.4 is 5.32 Å². The lowest BCUT2D eigenvalue weighted by Crippen LogP contribution is -2.40. The van der Waals surface area contributed by atoms with Crippen molar-refractivity contribution >= 4 is 23.3 Å². The maximum Gasteiger partial charge on any atom is 0.308 e. The number of piperidine rings is 1. The summed E-state index contributed by atoms with van der Waals surface area (Å²) in [6.07, 6.45) is 1.29. The Bertz CT molecular complexity index is 738. The molecule has 5 nitrogen and oxygen atoms in total. The van der Waals surface area contributed by atoms with E-state index in [2.05, 4.69) is 5.32 Å². The van der Waals surface area contributed by atoms with Crippen LogP contribution in [0.5, 0.6) is 0 Å². The molecule has 0 radical (unpaired) electrons. The van der Waals surface area contributed by atoms with E-state index in [1.165, 1.54) is 7.11 Å². The Kier molecular flexibility index (Phi) is 5.33. The van der Waals surface area contributed by atoms with Crippen LogP contribution in [0.4, 0.5) is 11.4 Å². The number of methoxy groups -OCH3 is 1. The van der Waals surface area contributed by atoms with Gasteiger partial charge in [-0.1, -0.05) is 30.3 Å². The average Bonchev–Trinajstić information content (AvgIpc) is 2.68. The van der Waals surface area contributed by atoms with Crippen LogP contribution in [0.25, 0.3) is 0 Å². The molecule has 0 spiro atoms. The molecule has 1 amide bonds. The Balaban J connectivity index is 1.72. The van der Waals surface area contributed by atoms with E-state index in [9.17, 15) is 9.59 Å². The first kappa shape index (κ1) is 17.0. The molecule has 0 aliphatic carbocycles. The first-order chi connectivity index (χ1) is 12.2. The Morgan fingerprint density at radius 1 is 1.00 bits per heavy atom. The van der Waals surface area contributed by atoms with Crippen molar-refractivity contribution in [3.8, 4) is 0 Å². The van der Waals surface area contributed by atoms with Gasteiger partial charge in [0.1, 0.15) is 0 Å². The van der Waals surface area contributed by atoms with Crippen molar-refractivity contribution in [2.75, 3.05) is 25.5 Å². The molecular formula is C20H22N2O3. The molecule has 0 saturated carbocycles. The SMILES string of the molecule is COC(=O)C1CCN(C(=O)c2ccccc2Nc2ccccc2)CC1. The van der Waals surface area contributed by atoms with Crippen LogP contribution in [0.2, 0.25) is 0 Å². The normalized spacial score (nSPS) is 14.8. The quantitative estimate of drug-likeness (QED) is 0.868. The first-order valence-electron chi connectivity index (χ1n) is 8.47. The number of nitrogens with zero attached hydrogens (tertiary/aromatic N) is 1. The lowest BCUT2D eigenvalue weighted by Gasteiger charge is -2.31. The molecule has 3 rings (SSSR count). The third kappa shape index (κ3) is 3.99. The van der Waals surface area contributed by atoms with Crippen molar-refractivity contribution in [1.82, 2.24) is 4.90 Å². The number of ether oxygens (including phenoxy) is 1. The highest BCUT2D eigenvalue weighted by molar-refractivity contribution is 6.00. The summed E-state index contributed by atoms with van der Waals surface area (Å²) in [5, 5.41) is 3.31. The summed E-state index contributed by atoms with van der Waals surface area (Å²) in [7, 11) is 1.41. The van der Waals surface area contributed by atoms with Gasteiger partial charge >= 0.3 is 5.97 Å². The van der Waals surface area contributed by atoms with E-state index >= 15 is 0 Å². The molecule has 1 N–H and O–H groups in total. The van der Waals surface area contributed by atoms with Gasteiger partial charge in [0, 0.05) is 18.8 Å².